The lowest BCUT2D eigenvalue weighted by Crippen LogP contribution is -2.20. The molecule has 0 radical (unpaired) electrons. The van der Waals surface area contributed by atoms with Crippen LogP contribution in [0.5, 0.6) is 17.2 Å². The highest BCUT2D eigenvalue weighted by Crippen LogP contribution is 2.37. The first-order valence-electron chi connectivity index (χ1n) is 9.20. The van der Waals surface area contributed by atoms with E-state index in [0.29, 0.717) is 6.07 Å². The average Bonchev–Trinajstić information content (AvgIpc) is 2.76. The number of carbonyl (C=O) groups is 2. The number of alkyl halides is 3. The summed E-state index contributed by atoms with van der Waals surface area (Å²) in [5, 5.41) is 16.0. The Bertz CT molecular complexity index is 1200. The van der Waals surface area contributed by atoms with Gasteiger partial charge in [0.05, 0.1) is 11.3 Å². The number of aromatic nitrogens is 1. The number of halogens is 4. The third kappa shape index (κ3) is 5.87. The van der Waals surface area contributed by atoms with E-state index in [0.717, 1.165) is 18.2 Å². The fraction of sp³-hybridized carbons (Fsp3) is 0.0952. The number of nitrogens with zero attached hydrogens (tertiary/aromatic N) is 1. The van der Waals surface area contributed by atoms with Crippen LogP contribution >= 0.6 is 0 Å². The number of aromatic hydroxyl groups is 1. The van der Waals surface area contributed by atoms with Crippen LogP contribution in [0, 0.1) is 5.82 Å². The van der Waals surface area contributed by atoms with Gasteiger partial charge in [-0.15, -0.1) is 0 Å². The molecular formula is C21H16F4N4O4. The predicted molar refractivity (Wildman–Crippen MR) is 110 cm³/mol. The molecule has 0 spiro atoms. The number of hydrogen-bond acceptors (Lipinski definition) is 5. The van der Waals surface area contributed by atoms with E-state index < -0.39 is 35.2 Å². The van der Waals surface area contributed by atoms with Crippen molar-refractivity contribution < 1.29 is 37.0 Å². The molecule has 0 fully saturated rings. The van der Waals surface area contributed by atoms with Crippen LogP contribution in [0.2, 0.25) is 0 Å². The van der Waals surface area contributed by atoms with Crippen molar-refractivity contribution in [2.75, 3.05) is 17.7 Å². The summed E-state index contributed by atoms with van der Waals surface area (Å²) in [4.78, 5) is 27.6. The number of anilines is 2. The standard InChI is InChI=1S/C21H16F4N4O4/c1-26-19(31)17-10-13(6-7-27-17)33-12-3-4-16(15(22)9-12)29-20(32)28-11-2-5-18(30)14(8-11)21(23,24)25/h2-10,30H,1H3,(H,26,31)(H2,28,29,32). The summed E-state index contributed by atoms with van der Waals surface area (Å²) in [5.41, 5.74) is -1.77. The first-order chi connectivity index (χ1) is 15.6. The Morgan fingerprint density at radius 2 is 1.73 bits per heavy atom. The van der Waals surface area contributed by atoms with Crippen LogP contribution in [0.3, 0.4) is 0 Å². The highest BCUT2D eigenvalue weighted by molar-refractivity contribution is 6.00. The van der Waals surface area contributed by atoms with Gasteiger partial charge in [0.1, 0.15) is 28.8 Å². The number of amides is 3. The zero-order valence-electron chi connectivity index (χ0n) is 16.8. The first kappa shape index (κ1) is 23.3. The predicted octanol–water partition coefficient (Wildman–Crippen LogP) is 4.74. The van der Waals surface area contributed by atoms with Gasteiger partial charge in [0.25, 0.3) is 5.91 Å². The van der Waals surface area contributed by atoms with E-state index >= 15 is 0 Å². The van der Waals surface area contributed by atoms with Gasteiger partial charge in [-0.05, 0) is 36.4 Å². The molecule has 0 saturated heterocycles. The zero-order valence-corrected chi connectivity index (χ0v) is 16.8. The Labute approximate surface area is 184 Å². The van der Waals surface area contributed by atoms with Crippen molar-refractivity contribution in [2.45, 2.75) is 6.18 Å². The minimum atomic E-state index is -4.82. The summed E-state index contributed by atoms with van der Waals surface area (Å²) < 4.78 is 58.5. The maximum absolute atomic E-state index is 14.4. The van der Waals surface area contributed by atoms with Crippen molar-refractivity contribution in [3.05, 3.63) is 71.8 Å². The SMILES string of the molecule is CNC(=O)c1cc(Oc2ccc(NC(=O)Nc3ccc(O)c(C(F)(F)F)c3)c(F)c2)ccn1. The second kappa shape index (κ2) is 9.42. The molecule has 33 heavy (non-hydrogen) atoms. The number of hydrogen-bond donors (Lipinski definition) is 4. The fourth-order valence-corrected chi connectivity index (χ4v) is 2.65. The number of phenols is 1. The van der Waals surface area contributed by atoms with Crippen molar-refractivity contribution in [1.82, 2.24) is 10.3 Å². The van der Waals surface area contributed by atoms with E-state index in [4.69, 9.17) is 4.74 Å². The number of nitrogens with one attached hydrogen (secondary N) is 3. The number of ether oxygens (including phenoxy) is 1. The van der Waals surface area contributed by atoms with Gasteiger partial charge in [-0.1, -0.05) is 0 Å². The molecule has 1 heterocycles. The molecule has 0 bridgehead atoms. The Morgan fingerprint density at radius 3 is 2.39 bits per heavy atom. The quantitative estimate of drug-likeness (QED) is 0.322. The van der Waals surface area contributed by atoms with Crippen molar-refractivity contribution >= 4 is 23.3 Å². The molecule has 1 aromatic heterocycles. The maximum atomic E-state index is 14.4. The molecule has 0 saturated carbocycles. The van der Waals surface area contributed by atoms with E-state index in [9.17, 15) is 32.3 Å². The van der Waals surface area contributed by atoms with E-state index in [2.05, 4.69) is 20.9 Å². The van der Waals surface area contributed by atoms with Crippen molar-refractivity contribution in [2.24, 2.45) is 0 Å². The van der Waals surface area contributed by atoms with E-state index in [-0.39, 0.29) is 28.6 Å². The molecule has 0 aliphatic carbocycles. The molecule has 0 aliphatic heterocycles. The van der Waals surface area contributed by atoms with Crippen LogP contribution in [0.4, 0.5) is 33.7 Å². The lowest BCUT2D eigenvalue weighted by Gasteiger charge is -2.13. The van der Waals surface area contributed by atoms with Crippen LogP contribution in [-0.4, -0.2) is 29.1 Å². The molecule has 0 aliphatic rings. The molecule has 172 valence electrons. The molecule has 3 aromatic rings. The number of carbonyl (C=O) groups excluding carboxylic acids is 2. The van der Waals surface area contributed by atoms with Gasteiger partial charge < -0.3 is 25.8 Å². The monoisotopic (exact) mass is 464 g/mol. The normalized spacial score (nSPS) is 10.9. The molecule has 4 N–H and O–H groups in total. The molecule has 3 rings (SSSR count). The number of phenolic OH excluding ortho intramolecular Hbond substituents is 1. The molecule has 3 amide bonds. The zero-order chi connectivity index (χ0) is 24.2. The second-order valence-electron chi connectivity index (χ2n) is 6.51. The summed E-state index contributed by atoms with van der Waals surface area (Å²) in [6.45, 7) is 0. The lowest BCUT2D eigenvalue weighted by molar-refractivity contribution is -0.138. The summed E-state index contributed by atoms with van der Waals surface area (Å²) in [5.74, 6) is -2.04. The third-order valence-corrected chi connectivity index (χ3v) is 4.18. The minimum absolute atomic E-state index is 0.0564. The minimum Gasteiger partial charge on any atom is -0.507 e. The molecule has 0 atom stereocenters. The topological polar surface area (TPSA) is 113 Å². The lowest BCUT2D eigenvalue weighted by atomic mass is 10.1. The van der Waals surface area contributed by atoms with Gasteiger partial charge in [-0.25, -0.2) is 9.18 Å². The molecule has 0 unspecified atom stereocenters. The van der Waals surface area contributed by atoms with E-state index in [1.54, 1.807) is 0 Å². The van der Waals surface area contributed by atoms with Gasteiger partial charge in [0, 0.05) is 31.1 Å². The van der Waals surface area contributed by atoms with Gasteiger partial charge in [0.15, 0.2) is 0 Å². The smallest absolute Gasteiger partial charge is 0.420 e. The number of rotatable bonds is 5. The largest absolute Gasteiger partial charge is 0.507 e. The van der Waals surface area contributed by atoms with Crippen LogP contribution in [0.1, 0.15) is 16.1 Å². The number of pyridine rings is 1. The molecule has 8 nitrogen and oxygen atoms in total. The second-order valence-corrected chi connectivity index (χ2v) is 6.51. The summed E-state index contributed by atoms with van der Waals surface area (Å²) >= 11 is 0. The van der Waals surface area contributed by atoms with Gasteiger partial charge in [-0.3, -0.25) is 9.78 Å². The Kier molecular flexibility index (Phi) is 6.66. The van der Waals surface area contributed by atoms with Crippen LogP contribution in [-0.2, 0) is 6.18 Å². The first-order valence-corrected chi connectivity index (χ1v) is 9.20. The van der Waals surface area contributed by atoms with Crippen LogP contribution < -0.4 is 20.7 Å². The van der Waals surface area contributed by atoms with E-state index in [1.165, 1.54) is 37.5 Å². The van der Waals surface area contributed by atoms with Gasteiger partial charge >= 0.3 is 12.2 Å². The Morgan fingerprint density at radius 1 is 1.00 bits per heavy atom. The highest BCUT2D eigenvalue weighted by Gasteiger charge is 2.34. The molecule has 12 heteroatoms. The molecular weight excluding hydrogens is 448 g/mol. The maximum Gasteiger partial charge on any atom is 0.420 e. The van der Waals surface area contributed by atoms with Crippen LogP contribution in [0.25, 0.3) is 0 Å². The van der Waals surface area contributed by atoms with Crippen LogP contribution in [0.15, 0.2) is 54.7 Å². The summed E-state index contributed by atoms with van der Waals surface area (Å²) in [6.07, 6.45) is -3.49. The van der Waals surface area contributed by atoms with Crippen molar-refractivity contribution in [1.29, 1.82) is 0 Å². The van der Waals surface area contributed by atoms with E-state index in [1.807, 2.05) is 0 Å². The highest BCUT2D eigenvalue weighted by atomic mass is 19.4. The Hall–Kier alpha value is -4.35. The number of benzene rings is 2. The summed E-state index contributed by atoms with van der Waals surface area (Å²) in [7, 11) is 1.44. The summed E-state index contributed by atoms with van der Waals surface area (Å²) in [6, 6.07) is 7.66. The third-order valence-electron chi connectivity index (χ3n) is 4.18. The fourth-order valence-electron chi connectivity index (χ4n) is 2.65. The van der Waals surface area contributed by atoms with Gasteiger partial charge in [0.2, 0.25) is 0 Å². The van der Waals surface area contributed by atoms with Crippen molar-refractivity contribution in [3.63, 3.8) is 0 Å². The average molecular weight is 464 g/mol. The Balaban J connectivity index is 1.68. The molecule has 2 aromatic carbocycles. The van der Waals surface area contributed by atoms with Gasteiger partial charge in [-0.2, -0.15) is 13.2 Å². The number of urea groups is 1. The van der Waals surface area contributed by atoms with Crippen molar-refractivity contribution in [3.8, 4) is 17.2 Å².